The highest BCUT2D eigenvalue weighted by Gasteiger charge is 2.27. The van der Waals surface area contributed by atoms with Crippen molar-refractivity contribution in [1.82, 2.24) is 0 Å². The van der Waals surface area contributed by atoms with Gasteiger partial charge < -0.3 is 14.6 Å². The molecule has 0 saturated carbocycles. The monoisotopic (exact) mass is 281 g/mol. The Kier molecular flexibility index (Phi) is 5.98. The van der Waals surface area contributed by atoms with Crippen molar-refractivity contribution in [2.75, 3.05) is 6.61 Å². The van der Waals surface area contributed by atoms with Gasteiger partial charge in [-0.1, -0.05) is 18.2 Å². The van der Waals surface area contributed by atoms with Crippen molar-refractivity contribution in [2.45, 2.75) is 39.0 Å². The SMILES string of the molecule is CC(C)(C)OC(=O)C(CO)CC(N)Oc1ccccc1. The maximum absolute atomic E-state index is 11.9. The Hall–Kier alpha value is -1.59. The van der Waals surface area contributed by atoms with Crippen molar-refractivity contribution >= 4 is 5.97 Å². The van der Waals surface area contributed by atoms with Crippen molar-refractivity contribution in [3.05, 3.63) is 30.3 Å². The maximum atomic E-state index is 11.9. The van der Waals surface area contributed by atoms with Gasteiger partial charge in [0, 0.05) is 6.42 Å². The first-order valence-corrected chi connectivity index (χ1v) is 6.63. The highest BCUT2D eigenvalue weighted by molar-refractivity contribution is 5.73. The van der Waals surface area contributed by atoms with Crippen molar-refractivity contribution in [3.8, 4) is 5.75 Å². The molecule has 0 heterocycles. The van der Waals surface area contributed by atoms with Crippen LogP contribution in [0.5, 0.6) is 5.75 Å². The largest absolute Gasteiger partial charge is 0.476 e. The number of aliphatic hydroxyl groups excluding tert-OH is 1. The molecule has 3 N–H and O–H groups in total. The number of rotatable bonds is 6. The maximum Gasteiger partial charge on any atom is 0.311 e. The van der Waals surface area contributed by atoms with Crippen LogP contribution in [0.1, 0.15) is 27.2 Å². The van der Waals surface area contributed by atoms with Crippen LogP contribution in [0.15, 0.2) is 30.3 Å². The Labute approximate surface area is 119 Å². The van der Waals surface area contributed by atoms with Crippen LogP contribution < -0.4 is 10.5 Å². The number of aliphatic hydroxyl groups is 1. The zero-order valence-corrected chi connectivity index (χ0v) is 12.2. The third kappa shape index (κ3) is 6.04. The number of hydrogen-bond donors (Lipinski definition) is 2. The van der Waals surface area contributed by atoms with Crippen LogP contribution in [0.3, 0.4) is 0 Å². The molecule has 20 heavy (non-hydrogen) atoms. The van der Waals surface area contributed by atoms with Crippen molar-refractivity contribution < 1.29 is 19.4 Å². The standard InChI is InChI=1S/C15H23NO4/c1-15(2,3)20-14(18)11(10-17)9-13(16)19-12-7-5-4-6-8-12/h4-8,11,13,17H,9-10,16H2,1-3H3. The minimum atomic E-state index is -0.687. The fourth-order valence-corrected chi connectivity index (χ4v) is 1.63. The minimum absolute atomic E-state index is 0.195. The molecule has 0 aromatic heterocycles. The van der Waals surface area contributed by atoms with Crippen LogP contribution in [-0.2, 0) is 9.53 Å². The summed E-state index contributed by atoms with van der Waals surface area (Å²) in [5.74, 6) is -0.527. The molecule has 0 aliphatic heterocycles. The van der Waals surface area contributed by atoms with E-state index < -0.39 is 23.7 Å². The predicted molar refractivity (Wildman–Crippen MR) is 76.1 cm³/mol. The summed E-state index contributed by atoms with van der Waals surface area (Å²) in [7, 11) is 0. The summed E-state index contributed by atoms with van der Waals surface area (Å²) in [6.45, 7) is 5.01. The Balaban J connectivity index is 2.53. The fraction of sp³-hybridized carbons (Fsp3) is 0.533. The van der Waals surface area contributed by atoms with Gasteiger partial charge in [0.15, 0.2) is 0 Å². The number of hydrogen-bond acceptors (Lipinski definition) is 5. The van der Waals surface area contributed by atoms with Crippen LogP contribution >= 0.6 is 0 Å². The van der Waals surface area contributed by atoms with E-state index in [1.54, 1.807) is 32.9 Å². The van der Waals surface area contributed by atoms with E-state index in [4.69, 9.17) is 15.2 Å². The lowest BCUT2D eigenvalue weighted by molar-refractivity contribution is -0.162. The van der Waals surface area contributed by atoms with E-state index in [0.717, 1.165) is 0 Å². The number of benzene rings is 1. The van der Waals surface area contributed by atoms with Gasteiger partial charge in [-0.05, 0) is 32.9 Å². The molecule has 0 spiro atoms. The van der Waals surface area contributed by atoms with Crippen LogP contribution in [0.4, 0.5) is 0 Å². The van der Waals surface area contributed by atoms with E-state index in [0.29, 0.717) is 5.75 Å². The van der Waals surface area contributed by atoms with Gasteiger partial charge in [-0.3, -0.25) is 10.5 Å². The number of ether oxygens (including phenoxy) is 2. The van der Waals surface area contributed by atoms with E-state index in [2.05, 4.69) is 0 Å². The van der Waals surface area contributed by atoms with Crippen LogP contribution in [0.2, 0.25) is 0 Å². The van der Waals surface area contributed by atoms with E-state index >= 15 is 0 Å². The highest BCUT2D eigenvalue weighted by Crippen LogP contribution is 2.17. The Bertz CT molecular complexity index is 414. The average molecular weight is 281 g/mol. The summed E-state index contributed by atoms with van der Waals surface area (Å²) in [6, 6.07) is 9.09. The van der Waals surface area contributed by atoms with E-state index in [-0.39, 0.29) is 13.0 Å². The third-order valence-corrected chi connectivity index (χ3v) is 2.51. The smallest absolute Gasteiger partial charge is 0.311 e. The van der Waals surface area contributed by atoms with Crippen molar-refractivity contribution in [3.63, 3.8) is 0 Å². The number of para-hydroxylation sites is 1. The van der Waals surface area contributed by atoms with Gasteiger partial charge in [0.1, 0.15) is 17.6 Å². The van der Waals surface area contributed by atoms with E-state index in [9.17, 15) is 9.90 Å². The second-order valence-corrected chi connectivity index (χ2v) is 5.62. The van der Waals surface area contributed by atoms with Crippen molar-refractivity contribution in [2.24, 2.45) is 11.7 Å². The molecule has 0 bridgehead atoms. The molecule has 1 rings (SSSR count). The lowest BCUT2D eigenvalue weighted by Crippen LogP contribution is -2.37. The molecule has 0 aliphatic carbocycles. The molecule has 0 radical (unpaired) electrons. The van der Waals surface area contributed by atoms with Crippen molar-refractivity contribution in [1.29, 1.82) is 0 Å². The Morgan fingerprint density at radius 1 is 1.30 bits per heavy atom. The van der Waals surface area contributed by atoms with Gasteiger partial charge in [-0.2, -0.15) is 0 Å². The quantitative estimate of drug-likeness (QED) is 0.612. The highest BCUT2D eigenvalue weighted by atomic mass is 16.6. The molecule has 5 nitrogen and oxygen atoms in total. The summed E-state index contributed by atoms with van der Waals surface area (Å²) < 4.78 is 10.7. The second-order valence-electron chi connectivity index (χ2n) is 5.62. The summed E-state index contributed by atoms with van der Waals surface area (Å²) in [4.78, 5) is 11.9. The number of nitrogens with two attached hydrogens (primary N) is 1. The van der Waals surface area contributed by atoms with Crippen LogP contribution in [0.25, 0.3) is 0 Å². The number of esters is 1. The van der Waals surface area contributed by atoms with Gasteiger partial charge in [-0.25, -0.2) is 0 Å². The fourth-order valence-electron chi connectivity index (χ4n) is 1.63. The minimum Gasteiger partial charge on any atom is -0.476 e. The molecule has 1 aromatic rings. The van der Waals surface area contributed by atoms with Gasteiger partial charge >= 0.3 is 5.97 Å². The number of carbonyl (C=O) groups excluding carboxylic acids is 1. The Morgan fingerprint density at radius 2 is 1.90 bits per heavy atom. The molecule has 2 unspecified atom stereocenters. The summed E-state index contributed by atoms with van der Waals surface area (Å²) in [5, 5.41) is 9.30. The first kappa shape index (κ1) is 16.5. The van der Waals surface area contributed by atoms with E-state index in [1.165, 1.54) is 0 Å². The lowest BCUT2D eigenvalue weighted by atomic mass is 10.1. The summed E-state index contributed by atoms with van der Waals surface area (Å²) >= 11 is 0. The van der Waals surface area contributed by atoms with Crippen LogP contribution in [0, 0.1) is 5.92 Å². The molecular weight excluding hydrogens is 258 g/mol. The molecule has 0 saturated heterocycles. The van der Waals surface area contributed by atoms with Crippen LogP contribution in [-0.4, -0.2) is 29.5 Å². The van der Waals surface area contributed by atoms with Gasteiger partial charge in [0.05, 0.1) is 12.5 Å². The normalized spacial score (nSPS) is 14.4. The molecule has 0 fully saturated rings. The molecule has 5 heteroatoms. The molecule has 2 atom stereocenters. The van der Waals surface area contributed by atoms with Gasteiger partial charge in [0.25, 0.3) is 0 Å². The molecule has 1 aromatic carbocycles. The first-order chi connectivity index (χ1) is 9.31. The molecule has 0 amide bonds. The first-order valence-electron chi connectivity index (χ1n) is 6.63. The second kappa shape index (κ2) is 7.26. The van der Waals surface area contributed by atoms with Gasteiger partial charge in [0.2, 0.25) is 0 Å². The zero-order chi connectivity index (χ0) is 15.2. The lowest BCUT2D eigenvalue weighted by Gasteiger charge is -2.24. The van der Waals surface area contributed by atoms with Gasteiger partial charge in [-0.15, -0.1) is 0 Å². The van der Waals surface area contributed by atoms with E-state index in [1.807, 2.05) is 18.2 Å². The summed E-state index contributed by atoms with van der Waals surface area (Å²) in [6.07, 6.45) is -0.484. The molecular formula is C15H23NO4. The number of carbonyl (C=O) groups is 1. The topological polar surface area (TPSA) is 81.8 Å². The Morgan fingerprint density at radius 3 is 2.40 bits per heavy atom. The predicted octanol–water partition coefficient (Wildman–Crippen LogP) is 1.69. The molecule has 0 aliphatic rings. The third-order valence-electron chi connectivity index (χ3n) is 2.51. The average Bonchev–Trinajstić information content (AvgIpc) is 2.35. The summed E-state index contributed by atoms with van der Waals surface area (Å²) in [5.41, 5.74) is 5.25. The zero-order valence-electron chi connectivity index (χ0n) is 12.2. The molecule has 112 valence electrons.